The number of nitriles is 1. The Morgan fingerprint density at radius 3 is 0.900 bits per heavy atom. The van der Waals surface area contributed by atoms with Crippen molar-refractivity contribution in [1.82, 2.24) is 0 Å². The fourth-order valence-electron chi connectivity index (χ4n) is 0. The van der Waals surface area contributed by atoms with E-state index in [-0.39, 0.29) is 17.1 Å². The molecule has 0 radical (unpaired) electrons. The van der Waals surface area contributed by atoms with Crippen molar-refractivity contribution in [2.24, 2.45) is 0 Å². The molecule has 0 saturated carbocycles. The average molecular weight is 395 g/mol. The van der Waals surface area contributed by atoms with Gasteiger partial charge in [0, 0.05) is 6.92 Å². The van der Waals surface area contributed by atoms with Gasteiger partial charge in [0.2, 0.25) is 0 Å². The fraction of sp³-hybridized carbons (Fsp3) is 0.750. The van der Waals surface area contributed by atoms with Crippen molar-refractivity contribution in [2.45, 2.75) is 17.9 Å². The maximum atomic E-state index is 10.7. The van der Waals surface area contributed by atoms with Crippen LogP contribution >= 0.6 is 0 Å². The smallest absolute Gasteiger partial charge is 0.741 e. The minimum Gasteiger partial charge on any atom is -0.741 e. The van der Waals surface area contributed by atoms with Crippen LogP contribution in [0.15, 0.2) is 0 Å². The molecule has 0 heterocycles. The topological polar surface area (TPSA) is 138 Å². The standard InChI is InChI=1S/C2H3N.2CHF3O3S.Fe/c1-2-3;2*2-1(3,4)8(5,6)7;/h1H3;2*(H,5,6,7);/q;;;+2/p-2. The molecule has 0 aromatic heterocycles. The second-order valence-corrected chi connectivity index (χ2v) is 4.77. The SMILES string of the molecule is CC#N.O=S(=O)([O-])C(F)(F)F.O=S(=O)([O-])C(F)(F)F.[Fe+2]. The zero-order valence-electron chi connectivity index (χ0n) is 8.83. The molecule has 0 saturated heterocycles. The Kier molecular flexibility index (Phi) is 13.0. The molecule has 0 atom stereocenters. The van der Waals surface area contributed by atoms with Gasteiger partial charge in [-0.2, -0.15) is 31.6 Å². The van der Waals surface area contributed by atoms with Crippen molar-refractivity contribution in [3.05, 3.63) is 0 Å². The van der Waals surface area contributed by atoms with E-state index in [1.54, 1.807) is 6.07 Å². The minimum atomic E-state index is -6.09. The van der Waals surface area contributed by atoms with Gasteiger partial charge in [-0.15, -0.1) is 0 Å². The summed E-state index contributed by atoms with van der Waals surface area (Å²) in [6.45, 7) is 1.43. The molecule has 0 bridgehead atoms. The second-order valence-electron chi connectivity index (χ2n) is 2.02. The predicted octanol–water partition coefficient (Wildman–Crippen LogP) is 0.630. The van der Waals surface area contributed by atoms with Crippen LogP contribution < -0.4 is 0 Å². The summed E-state index contributed by atoms with van der Waals surface area (Å²) in [5.41, 5.74) is -11.3. The van der Waals surface area contributed by atoms with E-state index in [0.717, 1.165) is 0 Å². The largest absolute Gasteiger partial charge is 2.00 e. The van der Waals surface area contributed by atoms with Crippen molar-refractivity contribution in [3.63, 3.8) is 0 Å². The van der Waals surface area contributed by atoms with Gasteiger partial charge in [-0.1, -0.05) is 0 Å². The number of alkyl halides is 6. The number of rotatable bonds is 0. The van der Waals surface area contributed by atoms with E-state index in [1.165, 1.54) is 6.92 Å². The maximum Gasteiger partial charge on any atom is 2.00 e. The molecular formula is C4H3F6FeNO6S2. The van der Waals surface area contributed by atoms with E-state index >= 15 is 0 Å². The molecule has 0 spiro atoms. The van der Waals surface area contributed by atoms with Crippen molar-refractivity contribution >= 4 is 20.2 Å². The van der Waals surface area contributed by atoms with Crippen LogP contribution in [0.5, 0.6) is 0 Å². The summed E-state index contributed by atoms with van der Waals surface area (Å²) in [6.07, 6.45) is 0. The minimum absolute atomic E-state index is 0. The summed E-state index contributed by atoms with van der Waals surface area (Å²) in [5.74, 6) is 0. The van der Waals surface area contributed by atoms with Crippen LogP contribution in [0.3, 0.4) is 0 Å². The fourth-order valence-corrected chi connectivity index (χ4v) is 0. The zero-order valence-corrected chi connectivity index (χ0v) is 11.6. The van der Waals surface area contributed by atoms with Crippen molar-refractivity contribution in [2.75, 3.05) is 0 Å². The molecule has 0 N–H and O–H groups in total. The summed E-state index contributed by atoms with van der Waals surface area (Å²) in [5, 5.41) is 7.32. The summed E-state index contributed by atoms with van der Waals surface area (Å²) >= 11 is 0. The second kappa shape index (κ2) is 9.36. The third-order valence-corrected chi connectivity index (χ3v) is 1.70. The molecule has 0 aliphatic heterocycles. The van der Waals surface area contributed by atoms with E-state index in [9.17, 15) is 26.3 Å². The Balaban J connectivity index is -0.000000103. The van der Waals surface area contributed by atoms with Gasteiger partial charge in [0.15, 0.2) is 20.2 Å². The molecule has 0 aliphatic rings. The van der Waals surface area contributed by atoms with Gasteiger partial charge >= 0.3 is 28.1 Å². The van der Waals surface area contributed by atoms with Crippen LogP contribution in [0.4, 0.5) is 26.3 Å². The number of hydrogen-bond donors (Lipinski definition) is 0. The van der Waals surface area contributed by atoms with Crippen LogP contribution in [0.25, 0.3) is 0 Å². The molecule has 20 heavy (non-hydrogen) atoms. The van der Waals surface area contributed by atoms with E-state index in [1.807, 2.05) is 0 Å². The Labute approximate surface area is 119 Å². The van der Waals surface area contributed by atoms with Gasteiger partial charge in [-0.25, -0.2) is 16.8 Å². The third-order valence-electron chi connectivity index (χ3n) is 0.567. The van der Waals surface area contributed by atoms with Crippen LogP contribution in [-0.2, 0) is 37.3 Å². The van der Waals surface area contributed by atoms with Crippen molar-refractivity contribution < 1.29 is 69.4 Å². The summed E-state index contributed by atoms with van der Waals surface area (Å²) in [4.78, 5) is 0. The maximum absolute atomic E-state index is 10.7. The first kappa shape index (κ1) is 27.7. The molecule has 0 unspecified atom stereocenters. The first-order chi connectivity index (χ1) is 7.91. The molecular weight excluding hydrogens is 392 g/mol. The van der Waals surface area contributed by atoms with E-state index in [0.29, 0.717) is 0 Å². The normalized spacial score (nSPS) is 11.6. The van der Waals surface area contributed by atoms with Gasteiger partial charge in [0.1, 0.15) is 0 Å². The van der Waals surface area contributed by atoms with E-state index < -0.39 is 31.3 Å². The quantitative estimate of drug-likeness (QED) is 0.254. The molecule has 0 aliphatic carbocycles. The molecule has 7 nitrogen and oxygen atoms in total. The summed E-state index contributed by atoms with van der Waals surface area (Å²) in [7, 11) is -12.2. The molecule has 0 aromatic rings. The van der Waals surface area contributed by atoms with Crippen LogP contribution in [-0.4, -0.2) is 37.0 Å². The Morgan fingerprint density at radius 1 is 0.850 bits per heavy atom. The van der Waals surface area contributed by atoms with Gasteiger partial charge in [0.05, 0.1) is 6.07 Å². The molecule has 122 valence electrons. The third kappa shape index (κ3) is 15.5. The molecule has 0 amide bonds. The van der Waals surface area contributed by atoms with Gasteiger partial charge in [0.25, 0.3) is 0 Å². The number of hydrogen-bond acceptors (Lipinski definition) is 7. The Bertz CT molecular complexity index is 459. The van der Waals surface area contributed by atoms with E-state index in [4.69, 9.17) is 31.2 Å². The van der Waals surface area contributed by atoms with Crippen LogP contribution in [0, 0.1) is 11.3 Å². The molecule has 0 aromatic carbocycles. The molecule has 16 heteroatoms. The van der Waals surface area contributed by atoms with E-state index in [2.05, 4.69) is 0 Å². The molecule has 0 rings (SSSR count). The molecule has 0 fully saturated rings. The van der Waals surface area contributed by atoms with Gasteiger partial charge in [-0.3, -0.25) is 0 Å². The first-order valence-electron chi connectivity index (χ1n) is 3.27. The Hall–Kier alpha value is -0.591. The van der Waals surface area contributed by atoms with Crippen molar-refractivity contribution in [1.29, 1.82) is 5.26 Å². The van der Waals surface area contributed by atoms with Crippen LogP contribution in [0.1, 0.15) is 6.92 Å². The number of nitrogens with zero attached hydrogens (tertiary/aromatic N) is 1. The monoisotopic (exact) mass is 395 g/mol. The predicted molar refractivity (Wildman–Crippen MR) is 42.8 cm³/mol. The summed E-state index contributed by atoms with van der Waals surface area (Å²) in [6, 6.07) is 1.75. The first-order valence-corrected chi connectivity index (χ1v) is 6.08. The summed E-state index contributed by atoms with van der Waals surface area (Å²) < 4.78 is 118. The van der Waals surface area contributed by atoms with Crippen LogP contribution in [0.2, 0.25) is 0 Å². The van der Waals surface area contributed by atoms with Gasteiger partial charge < -0.3 is 9.11 Å². The Morgan fingerprint density at radius 2 is 0.900 bits per heavy atom. The van der Waals surface area contributed by atoms with Crippen molar-refractivity contribution in [3.8, 4) is 6.07 Å². The van der Waals surface area contributed by atoms with Gasteiger partial charge in [-0.05, 0) is 0 Å². The average Bonchev–Trinajstić information content (AvgIpc) is 1.97. The number of halogens is 6. The zero-order chi connectivity index (χ0) is 16.7.